The first-order valence-corrected chi connectivity index (χ1v) is 11.8. The topological polar surface area (TPSA) is 78.0 Å². The van der Waals surface area contributed by atoms with Gasteiger partial charge in [0.15, 0.2) is 0 Å². The van der Waals surface area contributed by atoms with E-state index in [-0.39, 0.29) is 5.92 Å². The Hall–Kier alpha value is -2.45. The summed E-state index contributed by atoms with van der Waals surface area (Å²) in [6.45, 7) is 5.37. The largest absolute Gasteiger partial charge is 0.449 e. The summed E-state index contributed by atoms with van der Waals surface area (Å²) in [7, 11) is 1.93. The predicted octanol–water partition coefficient (Wildman–Crippen LogP) is 3.57. The molecule has 0 radical (unpaired) electrons. The van der Waals surface area contributed by atoms with Gasteiger partial charge in [-0.15, -0.1) is 0 Å². The first-order valence-electron chi connectivity index (χ1n) is 11.8. The summed E-state index contributed by atoms with van der Waals surface area (Å²) in [5, 5.41) is 5.88. The maximum atomic E-state index is 12.1. The van der Waals surface area contributed by atoms with Gasteiger partial charge in [0.25, 0.3) is 0 Å². The highest BCUT2D eigenvalue weighted by Crippen LogP contribution is 2.44. The Balaban J connectivity index is 1.21. The Bertz CT molecular complexity index is 799. The van der Waals surface area contributed by atoms with Crippen LogP contribution in [0.4, 0.5) is 4.79 Å². The van der Waals surface area contributed by atoms with Crippen LogP contribution in [0.3, 0.4) is 0 Å². The van der Waals surface area contributed by atoms with E-state index in [0.717, 1.165) is 26.0 Å². The number of rotatable bonds is 16. The number of benzene rings is 2. The van der Waals surface area contributed by atoms with Gasteiger partial charge in [-0.1, -0.05) is 48.5 Å². The summed E-state index contributed by atoms with van der Waals surface area (Å²) in [5.74, 6) is 0.0743. The number of hydrogen-bond acceptors (Lipinski definition) is 6. The molecule has 0 aromatic heterocycles. The van der Waals surface area contributed by atoms with Crippen molar-refractivity contribution in [2.45, 2.75) is 18.8 Å². The van der Waals surface area contributed by atoms with Gasteiger partial charge < -0.3 is 29.6 Å². The molecule has 0 saturated heterocycles. The van der Waals surface area contributed by atoms with Crippen molar-refractivity contribution in [3.05, 3.63) is 59.7 Å². The van der Waals surface area contributed by atoms with Crippen molar-refractivity contribution in [2.75, 3.05) is 66.4 Å². The molecule has 0 saturated carbocycles. The molecular weight excluding hydrogens is 420 g/mol. The van der Waals surface area contributed by atoms with Crippen molar-refractivity contribution >= 4 is 6.09 Å². The smallest absolute Gasteiger partial charge is 0.407 e. The van der Waals surface area contributed by atoms with E-state index in [1.807, 2.05) is 31.3 Å². The number of fused-ring (bicyclic) bond motifs is 3. The van der Waals surface area contributed by atoms with Crippen LogP contribution in [-0.4, -0.2) is 72.5 Å². The van der Waals surface area contributed by atoms with Crippen LogP contribution in [0, 0.1) is 0 Å². The Morgan fingerprint density at radius 2 is 1.27 bits per heavy atom. The van der Waals surface area contributed by atoms with E-state index in [4.69, 9.17) is 18.9 Å². The molecule has 3 rings (SSSR count). The third-order valence-electron chi connectivity index (χ3n) is 5.54. The minimum atomic E-state index is -0.394. The highest BCUT2D eigenvalue weighted by molar-refractivity contribution is 5.79. The van der Waals surface area contributed by atoms with Crippen LogP contribution < -0.4 is 10.6 Å². The molecule has 0 atom stereocenters. The van der Waals surface area contributed by atoms with Gasteiger partial charge in [-0.25, -0.2) is 4.79 Å². The second-order valence-electron chi connectivity index (χ2n) is 7.90. The van der Waals surface area contributed by atoms with E-state index < -0.39 is 6.09 Å². The van der Waals surface area contributed by atoms with Gasteiger partial charge in [0.2, 0.25) is 0 Å². The maximum absolute atomic E-state index is 12.1. The van der Waals surface area contributed by atoms with Crippen molar-refractivity contribution in [1.82, 2.24) is 10.6 Å². The van der Waals surface area contributed by atoms with Crippen molar-refractivity contribution in [3.63, 3.8) is 0 Å². The SMILES string of the molecule is CNCCCOCCOCCOCCCNC(=O)OCC1c2ccccc2-c2ccccc21. The average Bonchev–Trinajstić information content (AvgIpc) is 3.16. The molecule has 1 aliphatic rings. The van der Waals surface area contributed by atoms with Crippen molar-refractivity contribution in [1.29, 1.82) is 0 Å². The van der Waals surface area contributed by atoms with Gasteiger partial charge >= 0.3 is 6.09 Å². The van der Waals surface area contributed by atoms with Crippen LogP contribution in [0.1, 0.15) is 29.9 Å². The van der Waals surface area contributed by atoms with E-state index in [1.165, 1.54) is 22.3 Å². The zero-order valence-corrected chi connectivity index (χ0v) is 19.5. The molecule has 1 amide bonds. The number of alkyl carbamates (subject to hydrolysis) is 1. The minimum Gasteiger partial charge on any atom is -0.449 e. The molecule has 0 heterocycles. The molecule has 0 fully saturated rings. The standard InChI is InChI=1S/C26H36N2O5/c1-27-12-6-14-30-16-18-32-19-17-31-15-7-13-28-26(29)33-20-25-23-10-4-2-8-21(23)22-9-3-5-11-24(22)25/h2-5,8-11,25,27H,6-7,12-20H2,1H3,(H,28,29). The Kier molecular flexibility index (Phi) is 11.2. The van der Waals surface area contributed by atoms with Crippen LogP contribution >= 0.6 is 0 Å². The summed E-state index contributed by atoms with van der Waals surface area (Å²) < 4.78 is 22.0. The second-order valence-corrected chi connectivity index (χ2v) is 7.90. The van der Waals surface area contributed by atoms with Crippen LogP contribution in [0.15, 0.2) is 48.5 Å². The lowest BCUT2D eigenvalue weighted by atomic mass is 9.98. The molecule has 7 heteroatoms. The molecule has 1 aliphatic carbocycles. The molecule has 2 aromatic carbocycles. The molecule has 0 spiro atoms. The Labute approximate surface area is 196 Å². The summed E-state index contributed by atoms with van der Waals surface area (Å²) in [6.07, 6.45) is 1.33. The van der Waals surface area contributed by atoms with E-state index >= 15 is 0 Å². The van der Waals surface area contributed by atoms with Gasteiger partial charge in [0.1, 0.15) is 6.61 Å². The molecule has 180 valence electrons. The number of hydrogen-bond donors (Lipinski definition) is 2. The van der Waals surface area contributed by atoms with Gasteiger partial charge in [-0.05, 0) is 48.7 Å². The number of nitrogens with one attached hydrogen (secondary N) is 2. The lowest BCUT2D eigenvalue weighted by Gasteiger charge is -2.14. The first-order chi connectivity index (χ1) is 16.3. The molecule has 33 heavy (non-hydrogen) atoms. The van der Waals surface area contributed by atoms with E-state index in [2.05, 4.69) is 34.9 Å². The molecule has 0 aliphatic heterocycles. The molecule has 2 N–H and O–H groups in total. The Morgan fingerprint density at radius 1 is 0.758 bits per heavy atom. The van der Waals surface area contributed by atoms with Crippen molar-refractivity contribution < 1.29 is 23.7 Å². The third kappa shape index (κ3) is 8.12. The maximum Gasteiger partial charge on any atom is 0.407 e. The summed E-state index contributed by atoms with van der Waals surface area (Å²) in [4.78, 5) is 12.1. The lowest BCUT2D eigenvalue weighted by Crippen LogP contribution is -2.27. The van der Waals surface area contributed by atoms with Gasteiger partial charge in [-0.3, -0.25) is 0 Å². The summed E-state index contributed by atoms with van der Waals surface area (Å²) in [6, 6.07) is 16.6. The van der Waals surface area contributed by atoms with Crippen molar-refractivity contribution in [3.8, 4) is 11.1 Å². The van der Waals surface area contributed by atoms with Crippen LogP contribution in [0.2, 0.25) is 0 Å². The molecule has 7 nitrogen and oxygen atoms in total. The first kappa shape index (κ1) is 25.2. The summed E-state index contributed by atoms with van der Waals surface area (Å²) in [5.41, 5.74) is 4.87. The molecular formula is C26H36N2O5. The number of amides is 1. The van der Waals surface area contributed by atoms with E-state index in [0.29, 0.717) is 46.2 Å². The Morgan fingerprint density at radius 3 is 1.85 bits per heavy atom. The fourth-order valence-corrected chi connectivity index (χ4v) is 3.91. The predicted molar refractivity (Wildman–Crippen MR) is 129 cm³/mol. The number of carbonyl (C=O) groups is 1. The van der Waals surface area contributed by atoms with Gasteiger partial charge in [0.05, 0.1) is 26.4 Å². The highest BCUT2D eigenvalue weighted by atomic mass is 16.6. The van der Waals surface area contributed by atoms with Crippen LogP contribution in [0.25, 0.3) is 11.1 Å². The fraction of sp³-hybridized carbons (Fsp3) is 0.500. The zero-order valence-electron chi connectivity index (χ0n) is 19.5. The lowest BCUT2D eigenvalue weighted by molar-refractivity contribution is 0.0139. The van der Waals surface area contributed by atoms with Crippen LogP contribution in [0.5, 0.6) is 0 Å². The molecule has 0 unspecified atom stereocenters. The normalized spacial score (nSPS) is 12.4. The minimum absolute atomic E-state index is 0.0743. The third-order valence-corrected chi connectivity index (χ3v) is 5.54. The average molecular weight is 457 g/mol. The molecule has 2 aromatic rings. The number of ether oxygens (including phenoxy) is 4. The quantitative estimate of drug-likeness (QED) is 0.376. The van der Waals surface area contributed by atoms with Gasteiger partial charge in [-0.2, -0.15) is 0 Å². The highest BCUT2D eigenvalue weighted by Gasteiger charge is 2.28. The van der Waals surface area contributed by atoms with E-state index in [9.17, 15) is 4.79 Å². The van der Waals surface area contributed by atoms with Gasteiger partial charge in [0, 0.05) is 25.7 Å². The second kappa shape index (κ2) is 14.6. The zero-order chi connectivity index (χ0) is 23.1. The van der Waals surface area contributed by atoms with Crippen LogP contribution in [-0.2, 0) is 18.9 Å². The monoisotopic (exact) mass is 456 g/mol. The van der Waals surface area contributed by atoms with E-state index in [1.54, 1.807) is 0 Å². The van der Waals surface area contributed by atoms with Crippen molar-refractivity contribution in [2.24, 2.45) is 0 Å². The fourth-order valence-electron chi connectivity index (χ4n) is 3.91. The molecule has 0 bridgehead atoms. The number of carbonyl (C=O) groups excluding carboxylic acids is 1. The summed E-state index contributed by atoms with van der Waals surface area (Å²) >= 11 is 0.